The predicted molar refractivity (Wildman–Crippen MR) is 95.1 cm³/mol. The van der Waals surface area contributed by atoms with E-state index < -0.39 is 0 Å². The number of nitrogens with zero attached hydrogens (tertiary/aromatic N) is 2. The van der Waals surface area contributed by atoms with Gasteiger partial charge in [0, 0.05) is 30.7 Å². The number of hydrogen-bond donors (Lipinski definition) is 2. The van der Waals surface area contributed by atoms with Gasteiger partial charge < -0.3 is 10.6 Å². The van der Waals surface area contributed by atoms with Crippen LogP contribution in [0.1, 0.15) is 36.2 Å². The van der Waals surface area contributed by atoms with Crippen LogP contribution in [0.4, 0.5) is 4.79 Å². The van der Waals surface area contributed by atoms with Crippen LogP contribution in [0.25, 0.3) is 0 Å². The SMILES string of the molecule is Cc1cc(C)n(CCCNC(=O)NCC2(c3ccccc3)CC2)n1. The molecule has 5 heteroatoms. The van der Waals surface area contributed by atoms with E-state index in [0.29, 0.717) is 13.1 Å². The zero-order valence-corrected chi connectivity index (χ0v) is 14.5. The lowest BCUT2D eigenvalue weighted by Gasteiger charge is -2.17. The summed E-state index contributed by atoms with van der Waals surface area (Å²) in [6.07, 6.45) is 3.17. The Bertz CT molecular complexity index is 689. The highest BCUT2D eigenvalue weighted by atomic mass is 16.2. The second-order valence-electron chi connectivity index (χ2n) is 6.76. The van der Waals surface area contributed by atoms with E-state index in [1.165, 1.54) is 5.56 Å². The van der Waals surface area contributed by atoms with Crippen molar-refractivity contribution in [2.75, 3.05) is 13.1 Å². The molecule has 1 aromatic carbocycles. The van der Waals surface area contributed by atoms with E-state index in [9.17, 15) is 4.79 Å². The molecular weight excluding hydrogens is 300 g/mol. The summed E-state index contributed by atoms with van der Waals surface area (Å²) in [7, 11) is 0. The molecule has 128 valence electrons. The molecule has 0 aliphatic heterocycles. The molecule has 1 heterocycles. The molecule has 1 aromatic heterocycles. The molecule has 3 rings (SSSR count). The summed E-state index contributed by atoms with van der Waals surface area (Å²) in [5.74, 6) is 0. The molecular formula is C19H26N4O. The Hall–Kier alpha value is -2.30. The first-order chi connectivity index (χ1) is 11.6. The minimum Gasteiger partial charge on any atom is -0.338 e. The van der Waals surface area contributed by atoms with Gasteiger partial charge in [-0.1, -0.05) is 30.3 Å². The largest absolute Gasteiger partial charge is 0.338 e. The monoisotopic (exact) mass is 326 g/mol. The van der Waals surface area contributed by atoms with E-state index in [2.05, 4.69) is 53.0 Å². The van der Waals surface area contributed by atoms with Gasteiger partial charge in [0.2, 0.25) is 0 Å². The number of hydrogen-bond acceptors (Lipinski definition) is 2. The third kappa shape index (κ3) is 3.96. The van der Waals surface area contributed by atoms with Crippen LogP contribution in [0.15, 0.2) is 36.4 Å². The zero-order chi connectivity index (χ0) is 17.0. The van der Waals surface area contributed by atoms with Crippen molar-refractivity contribution >= 4 is 6.03 Å². The van der Waals surface area contributed by atoms with Crippen LogP contribution >= 0.6 is 0 Å². The molecule has 2 amide bonds. The minimum absolute atomic E-state index is 0.0782. The lowest BCUT2D eigenvalue weighted by Crippen LogP contribution is -2.40. The van der Waals surface area contributed by atoms with Crippen molar-refractivity contribution in [2.45, 2.75) is 45.1 Å². The fraction of sp³-hybridized carbons (Fsp3) is 0.474. The first-order valence-corrected chi connectivity index (χ1v) is 8.67. The van der Waals surface area contributed by atoms with Crippen LogP contribution in [0.5, 0.6) is 0 Å². The highest BCUT2D eigenvalue weighted by Crippen LogP contribution is 2.47. The van der Waals surface area contributed by atoms with Crippen LogP contribution in [0, 0.1) is 13.8 Å². The molecule has 1 aliphatic carbocycles. The number of benzene rings is 1. The van der Waals surface area contributed by atoms with Crippen molar-refractivity contribution in [3.8, 4) is 0 Å². The number of carbonyl (C=O) groups excluding carboxylic acids is 1. The molecule has 2 N–H and O–H groups in total. The molecule has 0 spiro atoms. The Morgan fingerprint density at radius 2 is 1.96 bits per heavy atom. The lowest BCUT2D eigenvalue weighted by atomic mass is 9.96. The van der Waals surface area contributed by atoms with E-state index in [1.807, 2.05) is 17.7 Å². The third-order valence-corrected chi connectivity index (χ3v) is 4.76. The van der Waals surface area contributed by atoms with E-state index in [0.717, 1.165) is 37.2 Å². The Morgan fingerprint density at radius 1 is 1.21 bits per heavy atom. The van der Waals surface area contributed by atoms with Crippen LogP contribution < -0.4 is 10.6 Å². The second-order valence-corrected chi connectivity index (χ2v) is 6.76. The molecule has 0 radical (unpaired) electrons. The highest BCUT2D eigenvalue weighted by molar-refractivity contribution is 5.74. The number of carbonyl (C=O) groups is 1. The predicted octanol–water partition coefficient (Wildman–Crippen LogP) is 2.92. The molecule has 0 atom stereocenters. The van der Waals surface area contributed by atoms with Crippen molar-refractivity contribution in [1.29, 1.82) is 0 Å². The summed E-state index contributed by atoms with van der Waals surface area (Å²) < 4.78 is 1.99. The molecule has 2 aromatic rings. The van der Waals surface area contributed by atoms with E-state index in [-0.39, 0.29) is 11.4 Å². The average molecular weight is 326 g/mol. The normalized spacial score (nSPS) is 15.1. The second kappa shape index (κ2) is 7.07. The van der Waals surface area contributed by atoms with Crippen LogP contribution in [0.3, 0.4) is 0 Å². The number of nitrogens with one attached hydrogen (secondary N) is 2. The van der Waals surface area contributed by atoms with Gasteiger partial charge in [-0.3, -0.25) is 4.68 Å². The maximum atomic E-state index is 12.0. The summed E-state index contributed by atoms with van der Waals surface area (Å²) in [4.78, 5) is 12.0. The van der Waals surface area contributed by atoms with Gasteiger partial charge in [0.15, 0.2) is 0 Å². The van der Waals surface area contributed by atoms with Crippen molar-refractivity contribution in [3.05, 3.63) is 53.3 Å². The van der Waals surface area contributed by atoms with Crippen LogP contribution in [-0.2, 0) is 12.0 Å². The van der Waals surface area contributed by atoms with Crippen molar-refractivity contribution in [3.63, 3.8) is 0 Å². The first-order valence-electron chi connectivity index (χ1n) is 8.67. The van der Waals surface area contributed by atoms with Crippen molar-refractivity contribution < 1.29 is 4.79 Å². The molecule has 0 bridgehead atoms. The van der Waals surface area contributed by atoms with Crippen LogP contribution in [0.2, 0.25) is 0 Å². The number of aromatic nitrogens is 2. The van der Waals surface area contributed by atoms with E-state index in [1.54, 1.807) is 0 Å². The van der Waals surface area contributed by atoms with Gasteiger partial charge in [0.05, 0.1) is 5.69 Å². The lowest BCUT2D eigenvalue weighted by molar-refractivity contribution is 0.239. The summed E-state index contributed by atoms with van der Waals surface area (Å²) in [5.41, 5.74) is 3.68. The molecule has 1 saturated carbocycles. The smallest absolute Gasteiger partial charge is 0.314 e. The van der Waals surface area contributed by atoms with E-state index in [4.69, 9.17) is 0 Å². The van der Waals surface area contributed by atoms with Gasteiger partial charge in [-0.05, 0) is 44.7 Å². The summed E-state index contributed by atoms with van der Waals surface area (Å²) in [5, 5.41) is 10.4. The molecule has 0 unspecified atom stereocenters. The number of rotatable bonds is 7. The fourth-order valence-electron chi connectivity index (χ4n) is 3.15. The number of aryl methyl sites for hydroxylation is 3. The van der Waals surface area contributed by atoms with Crippen LogP contribution in [-0.4, -0.2) is 28.9 Å². The topological polar surface area (TPSA) is 59.0 Å². The standard InChI is InChI=1S/C19H26N4O/c1-15-13-16(2)23(22-15)12-6-11-20-18(24)21-14-19(9-10-19)17-7-4-3-5-8-17/h3-5,7-8,13H,6,9-12,14H2,1-2H3,(H2,20,21,24). The number of urea groups is 1. The van der Waals surface area contributed by atoms with Crippen molar-refractivity contribution in [2.24, 2.45) is 0 Å². The molecule has 5 nitrogen and oxygen atoms in total. The summed E-state index contributed by atoms with van der Waals surface area (Å²) >= 11 is 0. The Kier molecular flexibility index (Phi) is 4.88. The van der Waals surface area contributed by atoms with Gasteiger partial charge in [-0.15, -0.1) is 0 Å². The van der Waals surface area contributed by atoms with Gasteiger partial charge >= 0.3 is 6.03 Å². The Labute approximate surface area is 143 Å². The maximum Gasteiger partial charge on any atom is 0.314 e. The minimum atomic E-state index is -0.0782. The van der Waals surface area contributed by atoms with Gasteiger partial charge in [0.1, 0.15) is 0 Å². The molecule has 1 fully saturated rings. The Balaban J connectivity index is 1.37. The molecule has 1 aliphatic rings. The zero-order valence-electron chi connectivity index (χ0n) is 14.5. The van der Waals surface area contributed by atoms with E-state index >= 15 is 0 Å². The van der Waals surface area contributed by atoms with Gasteiger partial charge in [-0.2, -0.15) is 5.10 Å². The molecule has 24 heavy (non-hydrogen) atoms. The van der Waals surface area contributed by atoms with Crippen molar-refractivity contribution in [1.82, 2.24) is 20.4 Å². The van der Waals surface area contributed by atoms with Gasteiger partial charge in [0.25, 0.3) is 0 Å². The maximum absolute atomic E-state index is 12.0. The third-order valence-electron chi connectivity index (χ3n) is 4.76. The van der Waals surface area contributed by atoms with Gasteiger partial charge in [-0.25, -0.2) is 4.79 Å². The quantitative estimate of drug-likeness (QED) is 0.769. The fourth-order valence-corrected chi connectivity index (χ4v) is 3.15. The summed E-state index contributed by atoms with van der Waals surface area (Å²) in [6.45, 7) is 6.24. The highest BCUT2D eigenvalue weighted by Gasteiger charge is 2.44. The number of amides is 2. The first kappa shape index (κ1) is 16.6. The molecule has 0 saturated heterocycles. The summed E-state index contributed by atoms with van der Waals surface area (Å²) in [6, 6.07) is 12.5. The average Bonchev–Trinajstić information content (AvgIpc) is 3.31. The Morgan fingerprint density at radius 3 is 2.58 bits per heavy atom.